The number of aromatic nitrogens is 2. The van der Waals surface area contributed by atoms with E-state index in [0.717, 1.165) is 0 Å². The molecule has 0 aliphatic rings. The van der Waals surface area contributed by atoms with E-state index >= 15 is 0 Å². The van der Waals surface area contributed by atoms with Crippen molar-refractivity contribution in [2.75, 3.05) is 12.4 Å². The summed E-state index contributed by atoms with van der Waals surface area (Å²) in [7, 11) is 1.24. The number of esters is 1. The van der Waals surface area contributed by atoms with E-state index in [-0.39, 0.29) is 6.54 Å². The molecule has 8 nitrogen and oxygen atoms in total. The quantitative estimate of drug-likeness (QED) is 0.780. The molecule has 1 aromatic carbocycles. The summed E-state index contributed by atoms with van der Waals surface area (Å²) in [5.74, 6) is -0.209. The van der Waals surface area contributed by atoms with Crippen molar-refractivity contribution in [1.82, 2.24) is 9.55 Å². The van der Waals surface area contributed by atoms with Crippen molar-refractivity contribution >= 4 is 29.4 Å². The van der Waals surface area contributed by atoms with Crippen LogP contribution in [0.3, 0.4) is 0 Å². The smallest absolute Gasteiger partial charge is 0.411 e. The Kier molecular flexibility index (Phi) is 6.45. The normalized spacial score (nSPS) is 11.1. The number of rotatable bonds is 4. The molecule has 2 aromatic rings. The van der Waals surface area contributed by atoms with Gasteiger partial charge in [0.2, 0.25) is 0 Å². The molecule has 0 bridgehead atoms. The molecule has 9 heteroatoms. The fourth-order valence-electron chi connectivity index (χ4n) is 2.46. The molecule has 1 N–H and O–H groups in total. The fraction of sp³-hybridized carbons (Fsp3) is 0.368. The number of hydrogen-bond donors (Lipinski definition) is 1. The van der Waals surface area contributed by atoms with Gasteiger partial charge in [0.25, 0.3) is 5.56 Å². The monoisotopic (exact) mass is 407 g/mol. The van der Waals surface area contributed by atoms with E-state index in [1.807, 2.05) is 0 Å². The van der Waals surface area contributed by atoms with Gasteiger partial charge in [-0.05, 0) is 45.9 Å². The Morgan fingerprint density at radius 1 is 1.25 bits per heavy atom. The van der Waals surface area contributed by atoms with Crippen molar-refractivity contribution in [3.63, 3.8) is 0 Å². The van der Waals surface area contributed by atoms with E-state index in [0.29, 0.717) is 27.8 Å². The van der Waals surface area contributed by atoms with Crippen LogP contribution in [0.2, 0.25) is 5.02 Å². The van der Waals surface area contributed by atoms with Gasteiger partial charge < -0.3 is 9.47 Å². The minimum Gasteiger partial charge on any atom is -0.459 e. The minimum absolute atomic E-state index is 0.247. The van der Waals surface area contributed by atoms with Crippen LogP contribution < -0.4 is 10.9 Å². The third-order valence-corrected chi connectivity index (χ3v) is 3.82. The van der Waals surface area contributed by atoms with Crippen molar-refractivity contribution in [2.45, 2.75) is 39.8 Å². The molecule has 0 aliphatic carbocycles. The Morgan fingerprint density at radius 2 is 1.93 bits per heavy atom. The largest absolute Gasteiger partial charge is 0.459 e. The van der Waals surface area contributed by atoms with Crippen molar-refractivity contribution in [3.05, 3.63) is 45.5 Å². The molecule has 1 amide bonds. The molecular formula is C19H22ClN3O5. The number of halogens is 1. The highest BCUT2D eigenvalue weighted by Gasteiger charge is 2.19. The van der Waals surface area contributed by atoms with Crippen molar-refractivity contribution < 1.29 is 19.1 Å². The number of methoxy groups -OCH3 is 1. The van der Waals surface area contributed by atoms with Crippen LogP contribution in [-0.2, 0) is 20.8 Å². The third-order valence-electron chi connectivity index (χ3n) is 3.59. The van der Waals surface area contributed by atoms with E-state index in [4.69, 9.17) is 16.3 Å². The van der Waals surface area contributed by atoms with Gasteiger partial charge in [-0.2, -0.15) is 0 Å². The summed E-state index contributed by atoms with van der Waals surface area (Å²) in [5.41, 5.74) is 0.0769. The first-order chi connectivity index (χ1) is 13.0. The van der Waals surface area contributed by atoms with Crippen LogP contribution in [0, 0.1) is 6.92 Å². The van der Waals surface area contributed by atoms with Crippen molar-refractivity contribution in [2.24, 2.45) is 0 Å². The third kappa shape index (κ3) is 5.56. The maximum atomic E-state index is 12.6. The molecule has 0 saturated carbocycles. The molecule has 1 aromatic heterocycles. The zero-order valence-electron chi connectivity index (χ0n) is 16.3. The molecule has 28 heavy (non-hydrogen) atoms. The van der Waals surface area contributed by atoms with Gasteiger partial charge in [0.1, 0.15) is 18.0 Å². The van der Waals surface area contributed by atoms with Gasteiger partial charge in [-0.25, -0.2) is 9.78 Å². The SMILES string of the molecule is COC(=O)Nc1cc(Cl)ccc1-c1cc(=O)n(CC(=O)OC(C)(C)C)c(C)n1. The number of nitrogens with zero attached hydrogens (tertiary/aromatic N) is 2. The first-order valence-corrected chi connectivity index (χ1v) is 8.83. The highest BCUT2D eigenvalue weighted by atomic mass is 35.5. The summed E-state index contributed by atoms with van der Waals surface area (Å²) in [6.07, 6.45) is -0.682. The second-order valence-corrected chi connectivity index (χ2v) is 7.44. The molecule has 0 fully saturated rings. The molecule has 0 radical (unpaired) electrons. The predicted octanol–water partition coefficient (Wildman–Crippen LogP) is 3.39. The maximum absolute atomic E-state index is 12.6. The molecule has 0 aliphatic heterocycles. The summed E-state index contributed by atoms with van der Waals surface area (Å²) in [5, 5.41) is 2.94. The Bertz CT molecular complexity index is 963. The number of ether oxygens (including phenoxy) is 2. The minimum atomic E-state index is -0.682. The topological polar surface area (TPSA) is 99.5 Å². The first kappa shape index (κ1) is 21.4. The van der Waals surface area contributed by atoms with Crippen LogP contribution in [0.1, 0.15) is 26.6 Å². The van der Waals surface area contributed by atoms with E-state index in [1.54, 1.807) is 39.8 Å². The number of carbonyl (C=O) groups excluding carboxylic acids is 2. The van der Waals surface area contributed by atoms with Gasteiger partial charge in [-0.15, -0.1) is 0 Å². The molecule has 0 saturated heterocycles. The van der Waals surface area contributed by atoms with Crippen molar-refractivity contribution in [1.29, 1.82) is 0 Å². The second-order valence-electron chi connectivity index (χ2n) is 7.01. The molecular weight excluding hydrogens is 386 g/mol. The molecule has 0 spiro atoms. The summed E-state index contributed by atoms with van der Waals surface area (Å²) in [6.45, 7) is 6.61. The van der Waals surface area contributed by atoms with Gasteiger partial charge >= 0.3 is 12.1 Å². The lowest BCUT2D eigenvalue weighted by molar-refractivity contribution is -0.155. The van der Waals surface area contributed by atoms with Crippen molar-refractivity contribution in [3.8, 4) is 11.3 Å². The number of carbonyl (C=O) groups is 2. The van der Waals surface area contributed by atoms with E-state index in [1.165, 1.54) is 23.8 Å². The molecule has 2 rings (SSSR count). The van der Waals surface area contributed by atoms with Crippen LogP contribution in [0.4, 0.5) is 10.5 Å². The average Bonchev–Trinajstić information content (AvgIpc) is 2.56. The Labute approximate surface area is 167 Å². The molecule has 1 heterocycles. The lowest BCUT2D eigenvalue weighted by Crippen LogP contribution is -2.32. The van der Waals surface area contributed by atoms with Gasteiger partial charge in [0.05, 0.1) is 18.5 Å². The van der Waals surface area contributed by atoms with Crippen LogP contribution in [0.15, 0.2) is 29.1 Å². The number of benzene rings is 1. The summed E-state index contributed by atoms with van der Waals surface area (Å²) >= 11 is 6.00. The van der Waals surface area contributed by atoms with Crippen LogP contribution in [-0.4, -0.2) is 34.3 Å². The summed E-state index contributed by atoms with van der Waals surface area (Å²) in [4.78, 5) is 40.6. The molecule has 0 atom stereocenters. The van der Waals surface area contributed by atoms with Gasteiger partial charge in [-0.3, -0.25) is 19.5 Å². The summed E-state index contributed by atoms with van der Waals surface area (Å²) in [6, 6.07) is 6.05. The highest BCUT2D eigenvalue weighted by Crippen LogP contribution is 2.29. The number of nitrogens with one attached hydrogen (secondary N) is 1. The second kappa shape index (κ2) is 8.43. The van der Waals surface area contributed by atoms with Gasteiger partial charge in [0, 0.05) is 16.7 Å². The Hall–Kier alpha value is -2.87. The van der Waals surface area contributed by atoms with Crippen LogP contribution in [0.5, 0.6) is 0 Å². The van der Waals surface area contributed by atoms with E-state index in [9.17, 15) is 14.4 Å². The standard InChI is InChI=1S/C19H22ClN3O5/c1-11-21-15(9-16(24)23(11)10-17(25)28-19(2,3)4)13-7-6-12(20)8-14(13)22-18(26)27-5/h6-9H,10H2,1-5H3,(H,22,26). The van der Waals surface area contributed by atoms with Crippen LogP contribution >= 0.6 is 11.6 Å². The van der Waals surface area contributed by atoms with E-state index in [2.05, 4.69) is 15.0 Å². The lowest BCUT2D eigenvalue weighted by atomic mass is 10.1. The zero-order valence-corrected chi connectivity index (χ0v) is 17.1. The number of anilines is 1. The van der Waals surface area contributed by atoms with Gasteiger partial charge in [0.15, 0.2) is 0 Å². The van der Waals surface area contributed by atoms with E-state index < -0.39 is 23.2 Å². The average molecular weight is 408 g/mol. The summed E-state index contributed by atoms with van der Waals surface area (Å²) < 4.78 is 11.1. The number of amides is 1. The predicted molar refractivity (Wildman–Crippen MR) is 106 cm³/mol. The molecule has 150 valence electrons. The number of aryl methyl sites for hydroxylation is 1. The molecule has 0 unspecified atom stereocenters. The fourth-order valence-corrected chi connectivity index (χ4v) is 2.63. The Balaban J connectivity index is 2.41. The zero-order chi connectivity index (χ0) is 21.1. The lowest BCUT2D eigenvalue weighted by Gasteiger charge is -2.20. The van der Waals surface area contributed by atoms with Gasteiger partial charge in [-0.1, -0.05) is 11.6 Å². The highest BCUT2D eigenvalue weighted by molar-refractivity contribution is 6.31. The first-order valence-electron chi connectivity index (χ1n) is 8.45. The Morgan fingerprint density at radius 3 is 2.50 bits per heavy atom. The van der Waals surface area contributed by atoms with Crippen LogP contribution in [0.25, 0.3) is 11.3 Å². The number of hydrogen-bond acceptors (Lipinski definition) is 6. The maximum Gasteiger partial charge on any atom is 0.411 e.